The normalized spacial score (nSPS) is 20.5. The van der Waals surface area contributed by atoms with Crippen LogP contribution in [0.1, 0.15) is 36.8 Å². The standard InChI is InChI=1S/C25H25F3N2O5/c1-14-15(23(32)33)11-6-12-30(14)22(31)21(25(26,27)28)29-24(34)35-13-20-18-9-4-2-7-16(18)17-8-3-5-10-19(17)20/h2-5,7-10,14-15,20-21H,6,11-13H2,1H3,(H,29,34)(H,32,33)/t14-,15-,21?/m1/s1. The number of carboxylic acid groups (broad SMARTS) is 1. The molecule has 2 aliphatic rings. The molecule has 1 fully saturated rings. The predicted molar refractivity (Wildman–Crippen MR) is 120 cm³/mol. The van der Waals surface area contributed by atoms with Crippen LogP contribution < -0.4 is 5.32 Å². The van der Waals surface area contributed by atoms with Crippen molar-refractivity contribution in [3.63, 3.8) is 0 Å². The van der Waals surface area contributed by atoms with Crippen molar-refractivity contribution in [2.45, 2.75) is 43.9 Å². The summed E-state index contributed by atoms with van der Waals surface area (Å²) in [5.74, 6) is -3.91. The first-order valence-electron chi connectivity index (χ1n) is 11.3. The first kappa shape index (κ1) is 24.6. The molecule has 1 heterocycles. The van der Waals surface area contributed by atoms with E-state index in [4.69, 9.17) is 4.74 Å². The molecule has 186 valence electrons. The fraction of sp³-hybridized carbons (Fsp3) is 0.400. The Morgan fingerprint density at radius 3 is 2.20 bits per heavy atom. The minimum atomic E-state index is -5.08. The van der Waals surface area contributed by atoms with Gasteiger partial charge in [0, 0.05) is 18.5 Å². The Bertz CT molecular complexity index is 1090. The third-order valence-corrected chi connectivity index (χ3v) is 6.77. The van der Waals surface area contributed by atoms with Gasteiger partial charge in [-0.25, -0.2) is 4.79 Å². The average molecular weight is 490 g/mol. The topological polar surface area (TPSA) is 95.9 Å². The van der Waals surface area contributed by atoms with Crippen LogP contribution in [0.15, 0.2) is 48.5 Å². The SMILES string of the molecule is C[C@@H]1[C@H](C(=O)O)CCCN1C(=O)C(NC(=O)OCC1c2ccccc2-c2ccccc21)C(F)(F)F. The molecule has 10 heteroatoms. The van der Waals surface area contributed by atoms with Crippen LogP contribution in [0.5, 0.6) is 0 Å². The Balaban J connectivity index is 1.47. The molecule has 2 amide bonds. The molecule has 1 unspecified atom stereocenters. The number of carbonyl (C=O) groups is 3. The van der Waals surface area contributed by atoms with Crippen LogP contribution >= 0.6 is 0 Å². The Morgan fingerprint density at radius 1 is 1.09 bits per heavy atom. The highest BCUT2D eigenvalue weighted by Gasteiger charge is 2.50. The summed E-state index contributed by atoms with van der Waals surface area (Å²) >= 11 is 0. The number of hydrogen-bond donors (Lipinski definition) is 2. The zero-order valence-corrected chi connectivity index (χ0v) is 18.9. The molecule has 7 nitrogen and oxygen atoms in total. The monoisotopic (exact) mass is 490 g/mol. The highest BCUT2D eigenvalue weighted by molar-refractivity contribution is 5.87. The lowest BCUT2D eigenvalue weighted by Gasteiger charge is -2.39. The molecule has 35 heavy (non-hydrogen) atoms. The first-order chi connectivity index (χ1) is 16.6. The first-order valence-corrected chi connectivity index (χ1v) is 11.3. The third kappa shape index (κ3) is 4.82. The van der Waals surface area contributed by atoms with Crippen LogP contribution in [0.4, 0.5) is 18.0 Å². The molecule has 2 aromatic carbocycles. The van der Waals surface area contributed by atoms with Crippen molar-refractivity contribution in [2.24, 2.45) is 5.92 Å². The van der Waals surface area contributed by atoms with E-state index < -0.39 is 42.1 Å². The lowest BCUT2D eigenvalue weighted by Crippen LogP contribution is -2.60. The molecule has 2 aromatic rings. The van der Waals surface area contributed by atoms with Crippen LogP contribution in [-0.4, -0.2) is 59.4 Å². The number of alkyl halides is 3. The number of piperidine rings is 1. The smallest absolute Gasteiger partial charge is 0.417 e. The molecule has 0 saturated carbocycles. The fourth-order valence-electron chi connectivity index (χ4n) is 4.99. The number of carbonyl (C=O) groups excluding carboxylic acids is 2. The second-order valence-corrected chi connectivity index (χ2v) is 8.80. The molecule has 2 N–H and O–H groups in total. The minimum Gasteiger partial charge on any atom is -0.481 e. The van der Waals surface area contributed by atoms with E-state index in [2.05, 4.69) is 0 Å². The summed E-state index contributed by atoms with van der Waals surface area (Å²) in [5, 5.41) is 11.0. The zero-order chi connectivity index (χ0) is 25.3. The number of rotatable bonds is 5. The highest BCUT2D eigenvalue weighted by Crippen LogP contribution is 2.44. The van der Waals surface area contributed by atoms with Crippen molar-refractivity contribution in [2.75, 3.05) is 13.2 Å². The molecular weight excluding hydrogens is 465 g/mol. The second-order valence-electron chi connectivity index (χ2n) is 8.80. The second kappa shape index (κ2) is 9.59. The summed E-state index contributed by atoms with van der Waals surface area (Å²) < 4.78 is 46.5. The number of fused-ring (bicyclic) bond motifs is 3. The van der Waals surface area contributed by atoms with Crippen LogP contribution in [0.25, 0.3) is 11.1 Å². The number of nitrogens with zero attached hydrogens (tertiary/aromatic N) is 1. The number of aliphatic carboxylic acids is 1. The summed E-state index contributed by atoms with van der Waals surface area (Å²) in [4.78, 5) is 37.5. The van der Waals surface area contributed by atoms with Crippen LogP contribution in [0.2, 0.25) is 0 Å². The lowest BCUT2D eigenvalue weighted by molar-refractivity contribution is -0.178. The van der Waals surface area contributed by atoms with Gasteiger partial charge in [-0.3, -0.25) is 9.59 Å². The zero-order valence-electron chi connectivity index (χ0n) is 18.9. The van der Waals surface area contributed by atoms with Gasteiger partial charge in [0.05, 0.1) is 5.92 Å². The molecule has 1 aliphatic heterocycles. The molecule has 0 aromatic heterocycles. The van der Waals surface area contributed by atoms with E-state index in [0.29, 0.717) is 0 Å². The van der Waals surface area contributed by atoms with Gasteiger partial charge >= 0.3 is 18.2 Å². The van der Waals surface area contributed by atoms with E-state index in [1.54, 1.807) is 5.32 Å². The average Bonchev–Trinajstić information content (AvgIpc) is 3.14. The van der Waals surface area contributed by atoms with Gasteiger partial charge in [0.1, 0.15) is 6.61 Å². The number of ether oxygens (including phenoxy) is 1. The fourth-order valence-corrected chi connectivity index (χ4v) is 4.99. The van der Waals surface area contributed by atoms with E-state index in [1.807, 2.05) is 48.5 Å². The third-order valence-electron chi connectivity index (χ3n) is 6.77. The summed E-state index contributed by atoms with van der Waals surface area (Å²) in [6, 6.07) is 11.2. The Morgan fingerprint density at radius 2 is 1.66 bits per heavy atom. The molecule has 0 bridgehead atoms. The quantitative estimate of drug-likeness (QED) is 0.656. The molecule has 0 radical (unpaired) electrons. The van der Waals surface area contributed by atoms with Crippen molar-refractivity contribution in [1.29, 1.82) is 0 Å². The summed E-state index contributed by atoms with van der Waals surface area (Å²) in [5.41, 5.74) is 3.72. The number of amides is 2. The highest BCUT2D eigenvalue weighted by atomic mass is 19.4. The summed E-state index contributed by atoms with van der Waals surface area (Å²) in [6.45, 7) is 1.17. The van der Waals surface area contributed by atoms with Crippen LogP contribution in [-0.2, 0) is 14.3 Å². The predicted octanol–water partition coefficient (Wildman–Crippen LogP) is 4.17. The van der Waals surface area contributed by atoms with Crippen LogP contribution in [0.3, 0.4) is 0 Å². The van der Waals surface area contributed by atoms with Crippen molar-refractivity contribution in [3.05, 3.63) is 59.7 Å². The Kier molecular flexibility index (Phi) is 6.73. The van der Waals surface area contributed by atoms with Gasteiger partial charge in [-0.1, -0.05) is 48.5 Å². The molecule has 1 saturated heterocycles. The summed E-state index contributed by atoms with van der Waals surface area (Å²) in [7, 11) is 0. The number of hydrogen-bond acceptors (Lipinski definition) is 4. The van der Waals surface area contributed by atoms with E-state index in [9.17, 15) is 32.7 Å². The van der Waals surface area contributed by atoms with Gasteiger partial charge in [0.25, 0.3) is 5.91 Å². The molecular formula is C25H25F3N2O5. The molecule has 4 rings (SSSR count). The largest absolute Gasteiger partial charge is 0.481 e. The number of nitrogens with one attached hydrogen (secondary N) is 1. The number of alkyl carbamates (subject to hydrolysis) is 1. The van der Waals surface area contributed by atoms with Gasteiger partial charge in [-0.05, 0) is 42.0 Å². The number of benzene rings is 2. The van der Waals surface area contributed by atoms with Crippen molar-refractivity contribution in [3.8, 4) is 11.1 Å². The maximum atomic E-state index is 13.8. The van der Waals surface area contributed by atoms with E-state index in [0.717, 1.165) is 27.2 Å². The molecule has 3 atom stereocenters. The molecule has 1 aliphatic carbocycles. The maximum absolute atomic E-state index is 13.8. The van der Waals surface area contributed by atoms with Crippen LogP contribution in [0, 0.1) is 5.92 Å². The van der Waals surface area contributed by atoms with Gasteiger partial charge in [0.15, 0.2) is 0 Å². The van der Waals surface area contributed by atoms with Gasteiger partial charge in [-0.15, -0.1) is 0 Å². The summed E-state index contributed by atoms with van der Waals surface area (Å²) in [6.07, 6.45) is -5.94. The minimum absolute atomic E-state index is 0.0251. The van der Waals surface area contributed by atoms with E-state index in [1.165, 1.54) is 6.92 Å². The van der Waals surface area contributed by atoms with E-state index in [-0.39, 0.29) is 31.9 Å². The van der Waals surface area contributed by atoms with Crippen molar-refractivity contribution >= 4 is 18.0 Å². The number of carboxylic acids is 1. The maximum Gasteiger partial charge on any atom is 0.417 e. The van der Waals surface area contributed by atoms with Gasteiger partial charge in [-0.2, -0.15) is 13.2 Å². The van der Waals surface area contributed by atoms with Crippen molar-refractivity contribution in [1.82, 2.24) is 10.2 Å². The number of likely N-dealkylation sites (tertiary alicyclic amines) is 1. The van der Waals surface area contributed by atoms with E-state index >= 15 is 0 Å². The number of halogens is 3. The van der Waals surface area contributed by atoms with Crippen molar-refractivity contribution < 1.29 is 37.4 Å². The lowest BCUT2D eigenvalue weighted by atomic mass is 9.90. The Labute approximate surface area is 199 Å². The Hall–Kier alpha value is -3.56. The van der Waals surface area contributed by atoms with Gasteiger partial charge < -0.3 is 20.1 Å². The van der Waals surface area contributed by atoms with Gasteiger partial charge in [0.2, 0.25) is 6.04 Å². The molecule has 0 spiro atoms.